The van der Waals surface area contributed by atoms with E-state index in [1.54, 1.807) is 18.0 Å². The van der Waals surface area contributed by atoms with Gasteiger partial charge in [-0.3, -0.25) is 5.32 Å². The molecule has 0 bridgehead atoms. The Bertz CT molecular complexity index is 406. The highest BCUT2D eigenvalue weighted by atomic mass is 16.5. The zero-order chi connectivity index (χ0) is 12.3. The summed E-state index contributed by atoms with van der Waals surface area (Å²) in [6, 6.07) is 1.43. The smallest absolute Gasteiger partial charge is 0.322 e. The Morgan fingerprint density at radius 2 is 2.35 bits per heavy atom. The molecule has 6 heteroatoms. The molecule has 0 aromatic carbocycles. The summed E-state index contributed by atoms with van der Waals surface area (Å²) in [6.07, 6.45) is 3.80. The maximum atomic E-state index is 11.8. The molecule has 1 aliphatic carbocycles. The highest BCUT2D eigenvalue weighted by molar-refractivity contribution is 5.88. The Morgan fingerprint density at radius 3 is 3.00 bits per heavy atom. The minimum absolute atomic E-state index is 0.155. The molecule has 1 fully saturated rings. The monoisotopic (exact) mass is 236 g/mol. The number of methoxy groups -OCH3 is 1. The molecule has 0 radical (unpaired) electrons. The summed E-state index contributed by atoms with van der Waals surface area (Å²) in [5, 5.41) is 2.71. The molecule has 17 heavy (non-hydrogen) atoms. The van der Waals surface area contributed by atoms with Gasteiger partial charge in [0.25, 0.3) is 0 Å². The van der Waals surface area contributed by atoms with Crippen LogP contribution in [-0.4, -0.2) is 41.6 Å². The van der Waals surface area contributed by atoms with Gasteiger partial charge < -0.3 is 9.64 Å². The first-order valence-electron chi connectivity index (χ1n) is 5.57. The van der Waals surface area contributed by atoms with Crippen molar-refractivity contribution in [1.82, 2.24) is 14.9 Å². The van der Waals surface area contributed by atoms with E-state index >= 15 is 0 Å². The van der Waals surface area contributed by atoms with E-state index in [9.17, 15) is 4.79 Å². The molecular weight excluding hydrogens is 220 g/mol. The van der Waals surface area contributed by atoms with E-state index in [-0.39, 0.29) is 6.03 Å². The fraction of sp³-hybridized carbons (Fsp3) is 0.545. The van der Waals surface area contributed by atoms with Crippen molar-refractivity contribution in [2.45, 2.75) is 12.8 Å². The summed E-state index contributed by atoms with van der Waals surface area (Å²) >= 11 is 0. The molecule has 0 aliphatic heterocycles. The average Bonchev–Trinajstić information content (AvgIpc) is 3.13. The molecule has 2 amide bonds. The lowest BCUT2D eigenvalue weighted by Crippen LogP contribution is -2.33. The third-order valence-electron chi connectivity index (χ3n) is 2.66. The number of amides is 2. The second-order valence-electron chi connectivity index (χ2n) is 4.20. The number of hydrogen-bond donors (Lipinski definition) is 1. The first-order chi connectivity index (χ1) is 8.19. The molecule has 2 rings (SSSR count). The van der Waals surface area contributed by atoms with Crippen molar-refractivity contribution in [2.24, 2.45) is 5.92 Å². The van der Waals surface area contributed by atoms with Gasteiger partial charge in [-0.1, -0.05) is 0 Å². The van der Waals surface area contributed by atoms with Gasteiger partial charge in [0, 0.05) is 19.7 Å². The zero-order valence-corrected chi connectivity index (χ0v) is 10.0. The molecule has 0 saturated heterocycles. The summed E-state index contributed by atoms with van der Waals surface area (Å²) in [5.41, 5.74) is 0. The van der Waals surface area contributed by atoms with Crippen molar-refractivity contribution >= 4 is 11.8 Å². The van der Waals surface area contributed by atoms with Crippen molar-refractivity contribution in [3.63, 3.8) is 0 Å². The minimum Gasteiger partial charge on any atom is -0.481 e. The third kappa shape index (κ3) is 3.30. The van der Waals surface area contributed by atoms with Gasteiger partial charge in [-0.2, -0.15) is 0 Å². The van der Waals surface area contributed by atoms with Gasteiger partial charge in [0.05, 0.1) is 7.11 Å². The molecule has 0 unspecified atom stereocenters. The number of nitrogens with zero attached hydrogens (tertiary/aromatic N) is 3. The van der Waals surface area contributed by atoms with Crippen molar-refractivity contribution in [1.29, 1.82) is 0 Å². The van der Waals surface area contributed by atoms with Crippen molar-refractivity contribution in [3.05, 3.63) is 12.4 Å². The second kappa shape index (κ2) is 4.99. The standard InChI is InChI=1S/C11H16N4O2/c1-15(6-8-3-4-8)11(16)14-9-5-10(17-2)13-7-12-9/h5,7-8H,3-4,6H2,1-2H3,(H,12,13,14,16). The van der Waals surface area contributed by atoms with Crippen LogP contribution in [0.4, 0.5) is 10.6 Å². The Kier molecular flexibility index (Phi) is 3.41. The molecule has 92 valence electrons. The first kappa shape index (κ1) is 11.6. The van der Waals surface area contributed by atoms with E-state index in [2.05, 4.69) is 15.3 Å². The lowest BCUT2D eigenvalue weighted by Gasteiger charge is -2.17. The molecule has 1 aliphatic rings. The van der Waals surface area contributed by atoms with Crippen LogP contribution in [0.1, 0.15) is 12.8 Å². The average molecular weight is 236 g/mol. The lowest BCUT2D eigenvalue weighted by atomic mass is 10.4. The molecular formula is C11H16N4O2. The first-order valence-corrected chi connectivity index (χ1v) is 5.57. The lowest BCUT2D eigenvalue weighted by molar-refractivity contribution is 0.220. The minimum atomic E-state index is -0.155. The Balaban J connectivity index is 1.91. The molecule has 0 atom stereocenters. The second-order valence-corrected chi connectivity index (χ2v) is 4.20. The quantitative estimate of drug-likeness (QED) is 0.857. The van der Waals surface area contributed by atoms with Crippen LogP contribution < -0.4 is 10.1 Å². The topological polar surface area (TPSA) is 67.3 Å². The van der Waals surface area contributed by atoms with Crippen molar-refractivity contribution in [2.75, 3.05) is 26.0 Å². The Morgan fingerprint density at radius 1 is 1.59 bits per heavy atom. The van der Waals surface area contributed by atoms with Crippen LogP contribution in [0, 0.1) is 5.92 Å². The maximum Gasteiger partial charge on any atom is 0.322 e. The SMILES string of the molecule is COc1cc(NC(=O)N(C)CC2CC2)ncn1. The summed E-state index contributed by atoms with van der Waals surface area (Å²) in [7, 11) is 3.30. The molecule has 1 N–H and O–H groups in total. The van der Waals surface area contributed by atoms with Crippen LogP contribution in [0.3, 0.4) is 0 Å². The highest BCUT2D eigenvalue weighted by Crippen LogP contribution is 2.29. The van der Waals surface area contributed by atoms with Crippen molar-refractivity contribution in [3.8, 4) is 5.88 Å². The molecule has 1 saturated carbocycles. The van der Waals surface area contributed by atoms with Gasteiger partial charge in [-0.05, 0) is 18.8 Å². The number of aromatic nitrogens is 2. The van der Waals surface area contributed by atoms with Crippen LogP contribution in [0.15, 0.2) is 12.4 Å². The number of urea groups is 1. The van der Waals surface area contributed by atoms with Gasteiger partial charge in [0.1, 0.15) is 12.1 Å². The van der Waals surface area contributed by atoms with Gasteiger partial charge in [0.15, 0.2) is 0 Å². The van der Waals surface area contributed by atoms with Crippen LogP contribution in [-0.2, 0) is 0 Å². The van der Waals surface area contributed by atoms with E-state index in [0.717, 1.165) is 6.54 Å². The van der Waals surface area contributed by atoms with Gasteiger partial charge in [0.2, 0.25) is 5.88 Å². The third-order valence-corrected chi connectivity index (χ3v) is 2.66. The maximum absolute atomic E-state index is 11.8. The van der Waals surface area contributed by atoms with E-state index in [1.165, 1.54) is 26.3 Å². The van der Waals surface area contributed by atoms with E-state index in [4.69, 9.17) is 4.74 Å². The molecule has 1 heterocycles. The number of hydrogen-bond acceptors (Lipinski definition) is 4. The Labute approximate surface area is 100 Å². The number of nitrogens with one attached hydrogen (secondary N) is 1. The predicted molar refractivity (Wildman–Crippen MR) is 63.0 cm³/mol. The summed E-state index contributed by atoms with van der Waals surface area (Å²) in [4.78, 5) is 21.3. The van der Waals surface area contributed by atoms with Gasteiger partial charge in [-0.15, -0.1) is 0 Å². The van der Waals surface area contributed by atoms with E-state index < -0.39 is 0 Å². The number of carbonyl (C=O) groups is 1. The summed E-state index contributed by atoms with van der Waals surface area (Å²) in [6.45, 7) is 0.800. The molecule has 1 aromatic heterocycles. The molecule has 6 nitrogen and oxygen atoms in total. The molecule has 1 aromatic rings. The summed E-state index contributed by atoms with van der Waals surface area (Å²) < 4.78 is 4.96. The summed E-state index contributed by atoms with van der Waals surface area (Å²) in [5.74, 6) is 1.55. The number of carbonyl (C=O) groups excluding carboxylic acids is 1. The van der Waals surface area contributed by atoms with E-state index in [0.29, 0.717) is 17.6 Å². The van der Waals surface area contributed by atoms with Crippen molar-refractivity contribution < 1.29 is 9.53 Å². The largest absolute Gasteiger partial charge is 0.481 e. The fourth-order valence-electron chi connectivity index (χ4n) is 1.50. The predicted octanol–water partition coefficient (Wildman–Crippen LogP) is 1.36. The fourth-order valence-corrected chi connectivity index (χ4v) is 1.50. The zero-order valence-electron chi connectivity index (χ0n) is 10.0. The number of rotatable bonds is 4. The van der Waals surface area contributed by atoms with Crippen LogP contribution >= 0.6 is 0 Å². The van der Waals surface area contributed by atoms with Crippen LogP contribution in [0.5, 0.6) is 5.88 Å². The van der Waals surface area contributed by atoms with Gasteiger partial charge >= 0.3 is 6.03 Å². The Hall–Kier alpha value is -1.85. The normalized spacial score (nSPS) is 14.2. The number of ether oxygens (including phenoxy) is 1. The van der Waals surface area contributed by atoms with Crippen LogP contribution in [0.2, 0.25) is 0 Å². The number of anilines is 1. The van der Waals surface area contributed by atoms with E-state index in [1.807, 2.05) is 0 Å². The molecule has 0 spiro atoms. The highest BCUT2D eigenvalue weighted by Gasteiger charge is 2.24. The van der Waals surface area contributed by atoms with Crippen LogP contribution in [0.25, 0.3) is 0 Å². The van der Waals surface area contributed by atoms with Gasteiger partial charge in [-0.25, -0.2) is 14.8 Å².